The van der Waals surface area contributed by atoms with Crippen molar-refractivity contribution in [2.45, 2.75) is 25.8 Å². The fourth-order valence-corrected chi connectivity index (χ4v) is 2.68. The lowest BCUT2D eigenvalue weighted by Gasteiger charge is -2.10. The number of aromatic nitrogens is 2. The van der Waals surface area contributed by atoms with Crippen LogP contribution in [-0.4, -0.2) is 23.2 Å². The first-order chi connectivity index (χ1) is 13.1. The first-order valence-electron chi connectivity index (χ1n) is 8.67. The summed E-state index contributed by atoms with van der Waals surface area (Å²) >= 11 is 0. The number of methoxy groups -OCH3 is 1. The van der Waals surface area contributed by atoms with Crippen LogP contribution in [0.1, 0.15) is 30.8 Å². The molecule has 0 spiro atoms. The normalized spacial score (nSPS) is 11.4. The summed E-state index contributed by atoms with van der Waals surface area (Å²) in [6.07, 6.45) is 0.902. The zero-order valence-corrected chi connectivity index (χ0v) is 16.5. The van der Waals surface area contributed by atoms with Gasteiger partial charge in [-0.15, -0.1) is 12.4 Å². The van der Waals surface area contributed by atoms with Gasteiger partial charge in [-0.05, 0) is 37.1 Å². The summed E-state index contributed by atoms with van der Waals surface area (Å²) in [6, 6.07) is 14.5. The molecule has 8 heteroatoms. The second kappa shape index (κ2) is 9.75. The molecule has 1 atom stereocenters. The highest BCUT2D eigenvalue weighted by molar-refractivity contribution is 5.85. The first-order valence-corrected chi connectivity index (χ1v) is 8.67. The van der Waals surface area contributed by atoms with E-state index in [9.17, 15) is 4.79 Å². The van der Waals surface area contributed by atoms with E-state index in [1.54, 1.807) is 14.0 Å². The number of amides is 1. The number of carbonyl (C=O) groups excluding carboxylic acids is 1. The molecule has 0 bridgehead atoms. The van der Waals surface area contributed by atoms with Crippen molar-refractivity contribution in [3.8, 4) is 17.1 Å². The molecule has 0 aliphatic rings. The van der Waals surface area contributed by atoms with Gasteiger partial charge in [0.05, 0.1) is 7.11 Å². The molecule has 7 nitrogen and oxygen atoms in total. The Kier molecular flexibility index (Phi) is 7.40. The maximum atomic E-state index is 12.2. The van der Waals surface area contributed by atoms with E-state index < -0.39 is 6.04 Å². The highest BCUT2D eigenvalue weighted by Gasteiger charge is 2.17. The molecule has 28 heavy (non-hydrogen) atoms. The van der Waals surface area contributed by atoms with E-state index in [1.165, 1.54) is 0 Å². The molecule has 0 aliphatic carbocycles. The molecule has 3 rings (SSSR count). The predicted octanol–water partition coefficient (Wildman–Crippen LogP) is 3.56. The van der Waals surface area contributed by atoms with Crippen LogP contribution in [0, 0.1) is 0 Å². The smallest absolute Gasteiger partial charge is 0.249 e. The van der Waals surface area contributed by atoms with Gasteiger partial charge >= 0.3 is 0 Å². The largest absolute Gasteiger partial charge is 0.497 e. The Morgan fingerprint density at radius 1 is 1.25 bits per heavy atom. The fourth-order valence-electron chi connectivity index (χ4n) is 2.68. The third-order valence-corrected chi connectivity index (χ3v) is 4.19. The van der Waals surface area contributed by atoms with Crippen LogP contribution in [0.15, 0.2) is 53.1 Å². The summed E-state index contributed by atoms with van der Waals surface area (Å²) in [7, 11) is 1.60. The Morgan fingerprint density at radius 2 is 2.04 bits per heavy atom. The number of ether oxygens (including phenoxy) is 1. The molecule has 3 N–H and O–H groups in total. The van der Waals surface area contributed by atoms with Crippen LogP contribution in [-0.2, 0) is 11.2 Å². The lowest BCUT2D eigenvalue weighted by atomic mass is 10.1. The zero-order valence-electron chi connectivity index (χ0n) is 15.7. The molecular weight excluding hydrogens is 380 g/mol. The van der Waals surface area contributed by atoms with E-state index in [1.807, 2.05) is 48.5 Å². The third-order valence-electron chi connectivity index (χ3n) is 4.19. The van der Waals surface area contributed by atoms with Crippen LogP contribution in [0.25, 0.3) is 11.4 Å². The zero-order chi connectivity index (χ0) is 19.2. The molecule has 1 unspecified atom stereocenters. The molecule has 0 radical (unpaired) electrons. The van der Waals surface area contributed by atoms with Crippen LogP contribution in [0.3, 0.4) is 0 Å². The molecule has 0 aliphatic heterocycles. The monoisotopic (exact) mass is 402 g/mol. The minimum atomic E-state index is -0.391. The third kappa shape index (κ3) is 5.23. The Hall–Kier alpha value is -3.06. The number of benzene rings is 2. The van der Waals surface area contributed by atoms with Gasteiger partial charge in [0.2, 0.25) is 17.6 Å². The number of nitrogens with one attached hydrogen (secondary N) is 1. The van der Waals surface area contributed by atoms with E-state index in [2.05, 4.69) is 15.5 Å². The van der Waals surface area contributed by atoms with Crippen molar-refractivity contribution in [3.63, 3.8) is 0 Å². The minimum Gasteiger partial charge on any atom is -0.497 e. The predicted molar refractivity (Wildman–Crippen MR) is 109 cm³/mol. The van der Waals surface area contributed by atoms with Gasteiger partial charge in [0, 0.05) is 17.7 Å². The van der Waals surface area contributed by atoms with Crippen molar-refractivity contribution in [2.24, 2.45) is 0 Å². The summed E-state index contributed by atoms with van der Waals surface area (Å²) in [5.74, 6) is 1.40. The highest BCUT2D eigenvalue weighted by Crippen LogP contribution is 2.22. The van der Waals surface area contributed by atoms with Gasteiger partial charge in [0.1, 0.15) is 11.8 Å². The van der Waals surface area contributed by atoms with Gasteiger partial charge in [-0.25, -0.2) is 0 Å². The quantitative estimate of drug-likeness (QED) is 0.585. The summed E-state index contributed by atoms with van der Waals surface area (Å²) in [6.45, 7) is 1.80. The highest BCUT2D eigenvalue weighted by atomic mass is 35.5. The molecule has 148 valence electrons. The summed E-state index contributed by atoms with van der Waals surface area (Å²) in [5.41, 5.74) is 8.33. The number of hydrogen-bond acceptors (Lipinski definition) is 6. The van der Waals surface area contributed by atoms with Gasteiger partial charge in [0.15, 0.2) is 0 Å². The second-order valence-corrected chi connectivity index (χ2v) is 6.18. The average molecular weight is 403 g/mol. The number of anilines is 1. The van der Waals surface area contributed by atoms with Crippen molar-refractivity contribution in [3.05, 3.63) is 60.0 Å². The molecule has 3 aromatic rings. The lowest BCUT2D eigenvalue weighted by Crippen LogP contribution is -2.27. The van der Waals surface area contributed by atoms with Gasteiger partial charge in [-0.3, -0.25) is 4.79 Å². The summed E-state index contributed by atoms with van der Waals surface area (Å²) in [4.78, 5) is 16.6. The number of aryl methyl sites for hydroxylation is 1. The van der Waals surface area contributed by atoms with Crippen LogP contribution < -0.4 is 15.8 Å². The van der Waals surface area contributed by atoms with Crippen LogP contribution in [0.4, 0.5) is 5.69 Å². The Balaban J connectivity index is 0.00000280. The van der Waals surface area contributed by atoms with Gasteiger partial charge in [0.25, 0.3) is 0 Å². The molecular formula is C20H23ClN4O3. The Bertz CT molecular complexity index is 929. The maximum absolute atomic E-state index is 12.2. The maximum Gasteiger partial charge on any atom is 0.249 e. The van der Waals surface area contributed by atoms with E-state index in [0.29, 0.717) is 36.0 Å². The van der Waals surface area contributed by atoms with Crippen molar-refractivity contribution in [1.29, 1.82) is 0 Å². The van der Waals surface area contributed by atoms with E-state index >= 15 is 0 Å². The molecule has 2 aromatic carbocycles. The van der Waals surface area contributed by atoms with Crippen LogP contribution in [0.2, 0.25) is 0 Å². The number of hydrogen-bond donors (Lipinski definition) is 2. The minimum absolute atomic E-state index is 0. The fraction of sp³-hybridized carbons (Fsp3) is 0.250. The van der Waals surface area contributed by atoms with Crippen LogP contribution in [0.5, 0.6) is 5.75 Å². The summed E-state index contributed by atoms with van der Waals surface area (Å²) in [5, 5.41) is 6.86. The number of carbonyl (C=O) groups is 1. The van der Waals surface area contributed by atoms with Crippen molar-refractivity contribution >= 4 is 24.0 Å². The Labute approximate surface area is 169 Å². The molecule has 0 saturated heterocycles. The first kappa shape index (κ1) is 21.2. The number of para-hydroxylation sites is 1. The van der Waals surface area contributed by atoms with Gasteiger partial charge in [-0.1, -0.05) is 35.5 Å². The molecule has 1 aromatic heterocycles. The lowest BCUT2D eigenvalue weighted by molar-refractivity contribution is -0.121. The number of halogens is 1. The van der Waals surface area contributed by atoms with Crippen LogP contribution >= 0.6 is 12.4 Å². The molecule has 1 heterocycles. The molecule has 0 fully saturated rings. The second-order valence-electron chi connectivity index (χ2n) is 6.18. The Morgan fingerprint density at radius 3 is 2.79 bits per heavy atom. The SMILES string of the molecule is COc1cccc(-c2noc(C(C)NC(=O)CCc3ccccc3N)n2)c1.Cl. The number of rotatable bonds is 7. The van der Waals surface area contributed by atoms with Crippen molar-refractivity contribution in [1.82, 2.24) is 15.5 Å². The van der Waals surface area contributed by atoms with Gasteiger partial charge in [-0.2, -0.15) is 4.98 Å². The summed E-state index contributed by atoms with van der Waals surface area (Å²) < 4.78 is 10.5. The van der Waals surface area contributed by atoms with E-state index in [0.717, 1.165) is 11.1 Å². The average Bonchev–Trinajstić information content (AvgIpc) is 3.18. The van der Waals surface area contributed by atoms with Crippen molar-refractivity contribution < 1.29 is 14.1 Å². The van der Waals surface area contributed by atoms with E-state index in [4.69, 9.17) is 15.0 Å². The topological polar surface area (TPSA) is 103 Å². The standard InChI is InChI=1S/C20H22N4O3.ClH/c1-13(22-18(25)11-10-14-6-3-4-9-17(14)21)20-23-19(24-27-20)15-7-5-8-16(12-15)26-2;/h3-9,12-13H,10-11,21H2,1-2H3,(H,22,25);1H. The number of nitrogen functional groups attached to an aromatic ring is 1. The van der Waals surface area contributed by atoms with E-state index in [-0.39, 0.29) is 18.3 Å². The number of nitrogens with zero attached hydrogens (tertiary/aromatic N) is 2. The molecule has 0 saturated carbocycles. The number of nitrogens with two attached hydrogens (primary N) is 1. The van der Waals surface area contributed by atoms with Crippen molar-refractivity contribution in [2.75, 3.05) is 12.8 Å². The van der Waals surface area contributed by atoms with Gasteiger partial charge < -0.3 is 20.3 Å². The molecule has 1 amide bonds.